The highest BCUT2D eigenvalue weighted by atomic mass is 16.5. The van der Waals surface area contributed by atoms with Gasteiger partial charge in [-0.2, -0.15) is 0 Å². The first-order valence-corrected chi connectivity index (χ1v) is 7.82. The molecule has 1 aromatic heterocycles. The summed E-state index contributed by atoms with van der Waals surface area (Å²) in [7, 11) is 0. The Kier molecular flexibility index (Phi) is 3.19. The average Bonchev–Trinajstić information content (AvgIpc) is 3.33. The molecular weight excluding hydrogens is 264 g/mol. The topological polar surface area (TPSA) is 45.3 Å². The van der Waals surface area contributed by atoms with Crippen molar-refractivity contribution in [2.24, 2.45) is 0 Å². The number of pyridine rings is 1. The van der Waals surface area contributed by atoms with Gasteiger partial charge in [0.15, 0.2) is 0 Å². The predicted octanol–water partition coefficient (Wildman–Crippen LogP) is 2.53. The number of benzene rings is 1. The quantitative estimate of drug-likeness (QED) is 0.942. The summed E-state index contributed by atoms with van der Waals surface area (Å²) in [6.07, 6.45) is 6.95. The van der Waals surface area contributed by atoms with Gasteiger partial charge in [0, 0.05) is 30.7 Å². The first-order chi connectivity index (χ1) is 10.3. The van der Waals surface area contributed by atoms with Crippen molar-refractivity contribution in [3.05, 3.63) is 40.8 Å². The highest BCUT2D eigenvalue weighted by Crippen LogP contribution is 2.30. The van der Waals surface area contributed by atoms with Crippen LogP contribution in [0.25, 0.3) is 10.8 Å². The third-order valence-corrected chi connectivity index (χ3v) is 4.59. The molecule has 1 aliphatic carbocycles. The lowest BCUT2D eigenvalue weighted by Crippen LogP contribution is -2.39. The van der Waals surface area contributed by atoms with E-state index in [-0.39, 0.29) is 5.56 Å². The van der Waals surface area contributed by atoms with Crippen LogP contribution in [0.5, 0.6) is 5.75 Å². The Bertz CT molecular complexity index is 697. The molecule has 1 aliphatic heterocycles. The Hall–Kier alpha value is -1.81. The summed E-state index contributed by atoms with van der Waals surface area (Å²) in [5, 5.41) is 1.65. The fraction of sp³-hybridized carbons (Fsp3) is 0.471. The number of piperidine rings is 1. The number of hydrogen-bond acceptors (Lipinski definition) is 3. The lowest BCUT2D eigenvalue weighted by Gasteiger charge is -2.32. The fourth-order valence-corrected chi connectivity index (χ4v) is 3.23. The van der Waals surface area contributed by atoms with Crippen molar-refractivity contribution >= 4 is 10.8 Å². The summed E-state index contributed by atoms with van der Waals surface area (Å²) in [6.45, 7) is 2.31. The first kappa shape index (κ1) is 12.9. The second-order valence-electron chi connectivity index (χ2n) is 6.14. The minimum atomic E-state index is -0.0446. The number of aromatic nitrogens is 1. The third kappa shape index (κ3) is 2.68. The Morgan fingerprint density at radius 2 is 1.90 bits per heavy atom. The zero-order valence-electron chi connectivity index (χ0n) is 12.0. The zero-order chi connectivity index (χ0) is 14.2. The zero-order valence-corrected chi connectivity index (χ0v) is 12.0. The van der Waals surface area contributed by atoms with Gasteiger partial charge in [0.05, 0.1) is 0 Å². The number of aromatic amines is 1. The van der Waals surface area contributed by atoms with Crippen LogP contribution in [0, 0.1) is 0 Å². The number of likely N-dealkylation sites (tertiary alicyclic amines) is 1. The second-order valence-corrected chi connectivity index (χ2v) is 6.14. The van der Waals surface area contributed by atoms with Crippen molar-refractivity contribution in [3.8, 4) is 5.75 Å². The van der Waals surface area contributed by atoms with E-state index in [1.54, 1.807) is 6.20 Å². The van der Waals surface area contributed by atoms with Gasteiger partial charge in [0.25, 0.3) is 5.56 Å². The number of hydrogen-bond donors (Lipinski definition) is 1. The van der Waals surface area contributed by atoms with Crippen molar-refractivity contribution in [1.29, 1.82) is 0 Å². The van der Waals surface area contributed by atoms with Crippen molar-refractivity contribution in [2.45, 2.75) is 37.8 Å². The van der Waals surface area contributed by atoms with Crippen LogP contribution in [0.3, 0.4) is 0 Å². The van der Waals surface area contributed by atoms with Crippen LogP contribution in [-0.2, 0) is 0 Å². The SMILES string of the molecule is O=c1[nH]ccc2cc(OC3CCN(C4CC4)CC3)ccc12. The van der Waals surface area contributed by atoms with Gasteiger partial charge in [0.1, 0.15) is 11.9 Å². The summed E-state index contributed by atoms with van der Waals surface area (Å²) in [5.41, 5.74) is -0.0446. The van der Waals surface area contributed by atoms with Gasteiger partial charge in [-0.15, -0.1) is 0 Å². The molecule has 1 saturated heterocycles. The Balaban J connectivity index is 1.46. The normalized spacial score (nSPS) is 20.8. The van der Waals surface area contributed by atoms with Crippen molar-refractivity contribution in [1.82, 2.24) is 9.88 Å². The monoisotopic (exact) mass is 284 g/mol. The third-order valence-electron chi connectivity index (χ3n) is 4.59. The fourth-order valence-electron chi connectivity index (χ4n) is 3.23. The van der Waals surface area contributed by atoms with Crippen LogP contribution in [0.4, 0.5) is 0 Å². The number of ether oxygens (including phenoxy) is 1. The molecule has 1 aromatic carbocycles. The van der Waals surface area contributed by atoms with Crippen LogP contribution in [0.2, 0.25) is 0 Å². The van der Waals surface area contributed by atoms with Crippen molar-refractivity contribution in [3.63, 3.8) is 0 Å². The molecule has 2 aromatic rings. The number of nitrogens with zero attached hydrogens (tertiary/aromatic N) is 1. The van der Waals surface area contributed by atoms with Crippen molar-refractivity contribution < 1.29 is 4.74 Å². The van der Waals surface area contributed by atoms with Gasteiger partial charge in [0.2, 0.25) is 0 Å². The van der Waals surface area contributed by atoms with E-state index in [1.165, 1.54) is 12.8 Å². The molecule has 2 fully saturated rings. The molecule has 2 heterocycles. The maximum absolute atomic E-state index is 11.7. The van der Waals surface area contributed by atoms with E-state index in [0.717, 1.165) is 43.1 Å². The smallest absolute Gasteiger partial charge is 0.255 e. The average molecular weight is 284 g/mol. The van der Waals surface area contributed by atoms with Gasteiger partial charge in [-0.3, -0.25) is 4.79 Å². The minimum Gasteiger partial charge on any atom is -0.490 e. The van der Waals surface area contributed by atoms with E-state index < -0.39 is 0 Å². The number of H-pyrrole nitrogens is 1. The molecule has 0 spiro atoms. The van der Waals surface area contributed by atoms with Gasteiger partial charge in [-0.1, -0.05) is 0 Å². The molecule has 0 amide bonds. The minimum absolute atomic E-state index is 0.0446. The number of rotatable bonds is 3. The van der Waals surface area contributed by atoms with Gasteiger partial charge >= 0.3 is 0 Å². The predicted molar refractivity (Wildman–Crippen MR) is 82.8 cm³/mol. The summed E-state index contributed by atoms with van der Waals surface area (Å²) in [4.78, 5) is 17.0. The van der Waals surface area contributed by atoms with Gasteiger partial charge < -0.3 is 14.6 Å². The van der Waals surface area contributed by atoms with Crippen LogP contribution in [-0.4, -0.2) is 35.1 Å². The maximum atomic E-state index is 11.7. The van der Waals surface area contributed by atoms with Crippen LogP contribution in [0.1, 0.15) is 25.7 Å². The highest BCUT2D eigenvalue weighted by molar-refractivity contribution is 5.82. The Morgan fingerprint density at radius 3 is 2.67 bits per heavy atom. The van der Waals surface area contributed by atoms with Gasteiger partial charge in [-0.05, 0) is 55.3 Å². The molecule has 2 aliphatic rings. The van der Waals surface area contributed by atoms with Gasteiger partial charge in [-0.25, -0.2) is 0 Å². The number of fused-ring (bicyclic) bond motifs is 1. The van der Waals surface area contributed by atoms with E-state index >= 15 is 0 Å². The van der Waals surface area contributed by atoms with E-state index in [1.807, 2.05) is 24.3 Å². The lowest BCUT2D eigenvalue weighted by atomic mass is 10.1. The van der Waals surface area contributed by atoms with E-state index in [4.69, 9.17) is 4.74 Å². The Morgan fingerprint density at radius 1 is 1.10 bits per heavy atom. The van der Waals surface area contributed by atoms with Crippen LogP contribution >= 0.6 is 0 Å². The largest absolute Gasteiger partial charge is 0.490 e. The molecule has 0 unspecified atom stereocenters. The molecule has 0 atom stereocenters. The maximum Gasteiger partial charge on any atom is 0.255 e. The van der Waals surface area contributed by atoms with E-state index in [9.17, 15) is 4.79 Å². The summed E-state index contributed by atoms with van der Waals surface area (Å²) in [6, 6.07) is 8.50. The van der Waals surface area contributed by atoms with E-state index in [0.29, 0.717) is 11.5 Å². The van der Waals surface area contributed by atoms with Crippen LogP contribution in [0.15, 0.2) is 35.3 Å². The summed E-state index contributed by atoms with van der Waals surface area (Å²) in [5.74, 6) is 0.873. The van der Waals surface area contributed by atoms with Crippen LogP contribution < -0.4 is 10.3 Å². The second kappa shape index (κ2) is 5.19. The molecule has 1 saturated carbocycles. The molecule has 0 bridgehead atoms. The summed E-state index contributed by atoms with van der Waals surface area (Å²) < 4.78 is 6.11. The highest BCUT2D eigenvalue weighted by Gasteiger charge is 2.32. The molecule has 110 valence electrons. The van der Waals surface area contributed by atoms with E-state index in [2.05, 4.69) is 9.88 Å². The lowest BCUT2D eigenvalue weighted by molar-refractivity contribution is 0.0967. The number of nitrogens with one attached hydrogen (secondary N) is 1. The molecule has 4 nitrogen and oxygen atoms in total. The molecule has 21 heavy (non-hydrogen) atoms. The molecule has 4 rings (SSSR count). The van der Waals surface area contributed by atoms with Crippen molar-refractivity contribution in [2.75, 3.05) is 13.1 Å². The molecular formula is C17H20N2O2. The first-order valence-electron chi connectivity index (χ1n) is 7.82. The standard InChI is InChI=1S/C17H20N2O2/c20-17-16-4-3-15(11-12(16)5-8-18-17)21-14-6-9-19(10-7-14)13-1-2-13/h3-5,8,11,13-14H,1-2,6-7,9-10H2,(H,18,20). The molecule has 1 N–H and O–H groups in total. The Labute approximate surface area is 123 Å². The molecule has 0 radical (unpaired) electrons. The summed E-state index contributed by atoms with van der Waals surface area (Å²) >= 11 is 0. The molecule has 4 heteroatoms.